The zero-order valence-electron chi connectivity index (χ0n) is 22.8. The Morgan fingerprint density at radius 2 is 1.69 bits per heavy atom. The van der Waals surface area contributed by atoms with Crippen LogP contribution < -0.4 is 14.4 Å². The van der Waals surface area contributed by atoms with Crippen LogP contribution in [0.3, 0.4) is 0 Å². The summed E-state index contributed by atoms with van der Waals surface area (Å²) in [6, 6.07) is 8.97. The number of carbonyl (C=O) groups is 2. The van der Waals surface area contributed by atoms with Gasteiger partial charge in [0.2, 0.25) is 21.8 Å². The summed E-state index contributed by atoms with van der Waals surface area (Å²) in [5.41, 5.74) is 0.893. The fourth-order valence-electron chi connectivity index (χ4n) is 4.01. The molecule has 0 radical (unpaired) electrons. The van der Waals surface area contributed by atoms with E-state index < -0.39 is 16.1 Å². The van der Waals surface area contributed by atoms with Crippen LogP contribution in [-0.2, 0) is 26.2 Å². The van der Waals surface area contributed by atoms with Crippen LogP contribution in [-0.4, -0.2) is 57.6 Å². The van der Waals surface area contributed by atoms with Crippen molar-refractivity contribution in [2.45, 2.75) is 52.6 Å². The van der Waals surface area contributed by atoms with E-state index >= 15 is 0 Å². The number of anilines is 1. The molecule has 2 aromatic rings. The van der Waals surface area contributed by atoms with Gasteiger partial charge in [-0.2, -0.15) is 0 Å². The maximum Gasteiger partial charge on any atom is 0.242 e. The van der Waals surface area contributed by atoms with Gasteiger partial charge in [0, 0.05) is 41.7 Å². The summed E-state index contributed by atoms with van der Waals surface area (Å²) in [5.74, 6) is 0.0634. The van der Waals surface area contributed by atoms with Gasteiger partial charge in [-0.15, -0.1) is 0 Å². The van der Waals surface area contributed by atoms with Gasteiger partial charge in [0.1, 0.15) is 11.8 Å². The summed E-state index contributed by atoms with van der Waals surface area (Å²) in [4.78, 5) is 28.1. The molecule has 2 rings (SSSR count). The van der Waals surface area contributed by atoms with Gasteiger partial charge in [0.15, 0.2) is 0 Å². The van der Waals surface area contributed by atoms with Crippen molar-refractivity contribution in [3.63, 3.8) is 0 Å². The molecule has 1 N–H and O–H groups in total. The second-order valence-electron chi connectivity index (χ2n) is 9.54. The lowest BCUT2D eigenvalue weighted by Crippen LogP contribution is -2.49. The van der Waals surface area contributed by atoms with E-state index in [9.17, 15) is 18.0 Å². The smallest absolute Gasteiger partial charge is 0.242 e. The SMILES string of the molecule is CC[C@H](C(=O)NCC(C)C)N(Cc1c(Cl)cccc1Cl)C(=O)CCCN(c1ccc(OC)c(Cl)c1)S(C)(=O)=O. The Hall–Kier alpha value is -2.20. The van der Waals surface area contributed by atoms with E-state index in [1.807, 2.05) is 20.8 Å². The lowest BCUT2D eigenvalue weighted by atomic mass is 10.1. The minimum absolute atomic E-state index is 0.00800. The molecule has 39 heavy (non-hydrogen) atoms. The Balaban J connectivity index is 2.29. The predicted molar refractivity (Wildman–Crippen MR) is 158 cm³/mol. The van der Waals surface area contributed by atoms with Crippen LogP contribution in [0.5, 0.6) is 5.75 Å². The molecule has 216 valence electrons. The van der Waals surface area contributed by atoms with Crippen LogP contribution in [0, 0.1) is 5.92 Å². The van der Waals surface area contributed by atoms with Gasteiger partial charge in [0.05, 0.1) is 24.1 Å². The first-order valence-corrected chi connectivity index (χ1v) is 15.6. The van der Waals surface area contributed by atoms with E-state index in [4.69, 9.17) is 39.5 Å². The van der Waals surface area contributed by atoms with Crippen molar-refractivity contribution in [3.8, 4) is 5.75 Å². The fourth-order valence-corrected chi connectivity index (χ4v) is 5.74. The van der Waals surface area contributed by atoms with Crippen LogP contribution in [0.2, 0.25) is 15.1 Å². The first-order chi connectivity index (χ1) is 18.3. The number of halogens is 3. The minimum atomic E-state index is -3.67. The molecule has 8 nitrogen and oxygen atoms in total. The molecule has 0 bridgehead atoms. The molecule has 0 saturated carbocycles. The summed E-state index contributed by atoms with van der Waals surface area (Å²) in [6.07, 6.45) is 1.65. The number of amides is 2. The normalized spacial score (nSPS) is 12.2. The van der Waals surface area contributed by atoms with Gasteiger partial charge in [-0.3, -0.25) is 13.9 Å². The summed E-state index contributed by atoms with van der Waals surface area (Å²) in [7, 11) is -2.20. The van der Waals surface area contributed by atoms with E-state index in [1.54, 1.807) is 30.3 Å². The van der Waals surface area contributed by atoms with E-state index in [2.05, 4.69) is 5.32 Å². The highest BCUT2D eigenvalue weighted by molar-refractivity contribution is 7.92. The second-order valence-corrected chi connectivity index (χ2v) is 12.7. The number of benzene rings is 2. The van der Waals surface area contributed by atoms with E-state index in [1.165, 1.54) is 22.4 Å². The molecule has 0 heterocycles. The lowest BCUT2D eigenvalue weighted by molar-refractivity contribution is -0.141. The number of sulfonamides is 1. The highest BCUT2D eigenvalue weighted by atomic mass is 35.5. The van der Waals surface area contributed by atoms with Crippen molar-refractivity contribution in [1.82, 2.24) is 10.2 Å². The topological polar surface area (TPSA) is 96.0 Å². The van der Waals surface area contributed by atoms with Crippen LogP contribution in [0.4, 0.5) is 5.69 Å². The molecule has 0 aliphatic rings. The number of nitrogens with one attached hydrogen (secondary N) is 1. The minimum Gasteiger partial charge on any atom is -0.495 e. The maximum atomic E-state index is 13.6. The van der Waals surface area contributed by atoms with Crippen molar-refractivity contribution in [2.24, 2.45) is 5.92 Å². The highest BCUT2D eigenvalue weighted by Gasteiger charge is 2.30. The molecular weight excluding hydrogens is 585 g/mol. The summed E-state index contributed by atoms with van der Waals surface area (Å²) in [5, 5.41) is 3.94. The largest absolute Gasteiger partial charge is 0.495 e. The molecule has 0 aromatic heterocycles. The van der Waals surface area contributed by atoms with Crippen LogP contribution in [0.15, 0.2) is 36.4 Å². The van der Waals surface area contributed by atoms with Gasteiger partial charge in [-0.1, -0.05) is 61.6 Å². The molecule has 2 amide bonds. The number of methoxy groups -OCH3 is 1. The first-order valence-electron chi connectivity index (χ1n) is 12.6. The average Bonchev–Trinajstić information content (AvgIpc) is 2.86. The van der Waals surface area contributed by atoms with Crippen molar-refractivity contribution in [1.29, 1.82) is 0 Å². The van der Waals surface area contributed by atoms with E-state index in [0.29, 0.717) is 40.0 Å². The monoisotopic (exact) mass is 619 g/mol. The molecule has 0 spiro atoms. The number of ether oxygens (including phenoxy) is 1. The van der Waals surface area contributed by atoms with Gasteiger partial charge >= 0.3 is 0 Å². The van der Waals surface area contributed by atoms with Gasteiger partial charge < -0.3 is 15.0 Å². The molecule has 1 atom stereocenters. The molecule has 12 heteroatoms. The maximum absolute atomic E-state index is 13.6. The van der Waals surface area contributed by atoms with Crippen molar-refractivity contribution >= 4 is 62.3 Å². The van der Waals surface area contributed by atoms with Crippen LogP contribution in [0.25, 0.3) is 0 Å². The third-order valence-corrected chi connectivity index (χ3v) is 8.23. The Kier molecular flexibility index (Phi) is 12.7. The molecule has 0 unspecified atom stereocenters. The predicted octanol–water partition coefficient (Wildman–Crippen LogP) is 5.78. The molecular formula is C27H36Cl3N3O5S. The van der Waals surface area contributed by atoms with E-state index in [0.717, 1.165) is 6.26 Å². The molecule has 0 fully saturated rings. The lowest BCUT2D eigenvalue weighted by Gasteiger charge is -2.32. The Morgan fingerprint density at radius 1 is 1.05 bits per heavy atom. The average molecular weight is 621 g/mol. The third kappa shape index (κ3) is 9.45. The highest BCUT2D eigenvalue weighted by Crippen LogP contribution is 2.31. The Labute approximate surface area is 246 Å². The molecule has 0 aliphatic heterocycles. The van der Waals surface area contributed by atoms with Gasteiger partial charge in [-0.25, -0.2) is 8.42 Å². The van der Waals surface area contributed by atoms with Gasteiger partial charge in [-0.05, 0) is 49.1 Å². The fraction of sp³-hybridized carbons (Fsp3) is 0.481. The number of hydrogen-bond acceptors (Lipinski definition) is 5. The van der Waals surface area contributed by atoms with Crippen LogP contribution >= 0.6 is 34.8 Å². The van der Waals surface area contributed by atoms with Crippen molar-refractivity contribution < 1.29 is 22.7 Å². The number of hydrogen-bond donors (Lipinski definition) is 1. The first kappa shape index (κ1) is 33.0. The summed E-state index contributed by atoms with van der Waals surface area (Å²) >= 11 is 19.0. The summed E-state index contributed by atoms with van der Waals surface area (Å²) < 4.78 is 31.5. The summed E-state index contributed by atoms with van der Waals surface area (Å²) in [6.45, 7) is 6.33. The quantitative estimate of drug-likeness (QED) is 0.289. The third-order valence-electron chi connectivity index (χ3n) is 6.04. The van der Waals surface area contributed by atoms with E-state index in [-0.39, 0.29) is 48.7 Å². The molecule has 2 aromatic carbocycles. The second kappa shape index (κ2) is 15.0. The van der Waals surface area contributed by atoms with Gasteiger partial charge in [0.25, 0.3) is 0 Å². The number of carbonyl (C=O) groups excluding carboxylic acids is 2. The number of nitrogens with zero attached hydrogens (tertiary/aromatic N) is 2. The Morgan fingerprint density at radius 3 is 2.21 bits per heavy atom. The number of rotatable bonds is 14. The van der Waals surface area contributed by atoms with Crippen LogP contribution in [0.1, 0.15) is 45.6 Å². The standard InChI is InChI=1S/C27H36Cl3N3O5S/c1-6-24(27(35)31-16-18(2)3)32(17-20-21(28)9-7-10-22(20)29)26(34)11-8-14-33(39(5,36)37)19-12-13-25(38-4)23(30)15-19/h7,9-10,12-13,15,18,24H,6,8,11,14,16-17H2,1-5H3,(H,31,35)/t24-/m1/s1. The molecule has 0 saturated heterocycles. The zero-order chi connectivity index (χ0) is 29.3. The van der Waals surface area contributed by atoms with Crippen molar-refractivity contribution in [2.75, 3.05) is 30.8 Å². The Bertz CT molecular complexity index is 1240. The molecule has 0 aliphatic carbocycles. The zero-order valence-corrected chi connectivity index (χ0v) is 25.9. The van der Waals surface area contributed by atoms with Crippen molar-refractivity contribution in [3.05, 3.63) is 57.0 Å².